The SMILES string of the molecule is CCO[C@@H]1C[C@]2(C)CNC[C@]2(c2ccccc2)C1. The Morgan fingerprint density at radius 1 is 1.22 bits per heavy atom. The van der Waals surface area contributed by atoms with Gasteiger partial charge in [0.1, 0.15) is 0 Å². The molecule has 2 fully saturated rings. The third kappa shape index (κ3) is 1.63. The molecule has 1 saturated heterocycles. The van der Waals surface area contributed by atoms with Gasteiger partial charge in [-0.25, -0.2) is 0 Å². The number of hydrogen-bond acceptors (Lipinski definition) is 2. The standard InChI is InChI=1S/C16H23NO/c1-3-18-14-9-15(2)11-17-12-16(15,10-14)13-7-5-4-6-8-13/h4-8,14,17H,3,9-12H2,1-2H3/t14-,15-,16+/m1/s1. The lowest BCUT2D eigenvalue weighted by atomic mass is 9.65. The maximum atomic E-state index is 5.92. The summed E-state index contributed by atoms with van der Waals surface area (Å²) in [4.78, 5) is 0. The summed E-state index contributed by atoms with van der Waals surface area (Å²) in [7, 11) is 0. The summed E-state index contributed by atoms with van der Waals surface area (Å²) >= 11 is 0. The van der Waals surface area contributed by atoms with Gasteiger partial charge in [0.15, 0.2) is 0 Å². The first-order valence-electron chi connectivity index (χ1n) is 7.08. The summed E-state index contributed by atoms with van der Waals surface area (Å²) in [5.41, 5.74) is 2.10. The van der Waals surface area contributed by atoms with Crippen LogP contribution >= 0.6 is 0 Å². The van der Waals surface area contributed by atoms with Crippen molar-refractivity contribution in [3.63, 3.8) is 0 Å². The highest BCUT2D eigenvalue weighted by Crippen LogP contribution is 2.56. The Morgan fingerprint density at radius 3 is 2.72 bits per heavy atom. The molecule has 0 unspecified atom stereocenters. The molecule has 1 aromatic carbocycles. The lowest BCUT2D eigenvalue weighted by Gasteiger charge is -2.37. The van der Waals surface area contributed by atoms with Gasteiger partial charge >= 0.3 is 0 Å². The van der Waals surface area contributed by atoms with E-state index in [9.17, 15) is 0 Å². The zero-order chi connectivity index (χ0) is 12.6. The van der Waals surface area contributed by atoms with E-state index in [1.807, 2.05) is 0 Å². The van der Waals surface area contributed by atoms with Crippen LogP contribution in [0.4, 0.5) is 0 Å². The third-order valence-electron chi connectivity index (χ3n) is 5.08. The van der Waals surface area contributed by atoms with Crippen LogP contribution in [0.3, 0.4) is 0 Å². The molecule has 1 aliphatic heterocycles. The predicted octanol–water partition coefficient (Wildman–Crippen LogP) is 2.73. The predicted molar refractivity (Wildman–Crippen MR) is 73.7 cm³/mol. The lowest BCUT2D eigenvalue weighted by Crippen LogP contribution is -2.38. The van der Waals surface area contributed by atoms with E-state index in [4.69, 9.17) is 4.74 Å². The van der Waals surface area contributed by atoms with Crippen molar-refractivity contribution >= 4 is 0 Å². The minimum absolute atomic E-state index is 0.272. The number of fused-ring (bicyclic) bond motifs is 1. The molecule has 2 aliphatic rings. The number of rotatable bonds is 3. The van der Waals surface area contributed by atoms with Crippen LogP contribution in [-0.4, -0.2) is 25.8 Å². The molecule has 0 radical (unpaired) electrons. The number of benzene rings is 1. The van der Waals surface area contributed by atoms with Gasteiger partial charge in [0.2, 0.25) is 0 Å². The maximum Gasteiger partial charge on any atom is 0.0590 e. The van der Waals surface area contributed by atoms with Crippen LogP contribution in [0, 0.1) is 5.41 Å². The smallest absolute Gasteiger partial charge is 0.0590 e. The molecule has 0 bridgehead atoms. The molecule has 98 valence electrons. The zero-order valence-electron chi connectivity index (χ0n) is 11.4. The normalized spacial score (nSPS) is 38.9. The van der Waals surface area contributed by atoms with Gasteiger partial charge in [0.05, 0.1) is 6.10 Å². The van der Waals surface area contributed by atoms with Crippen LogP contribution in [-0.2, 0) is 10.2 Å². The van der Waals surface area contributed by atoms with E-state index in [0.717, 1.165) is 26.1 Å². The second-order valence-corrected chi connectivity index (χ2v) is 6.10. The molecule has 1 aliphatic carbocycles. The first kappa shape index (κ1) is 12.2. The molecule has 1 heterocycles. The fraction of sp³-hybridized carbons (Fsp3) is 0.625. The highest BCUT2D eigenvalue weighted by molar-refractivity contribution is 5.34. The van der Waals surface area contributed by atoms with Crippen molar-refractivity contribution in [3.8, 4) is 0 Å². The Bertz CT molecular complexity index is 418. The van der Waals surface area contributed by atoms with E-state index in [-0.39, 0.29) is 5.41 Å². The fourth-order valence-electron chi connectivity index (χ4n) is 4.16. The molecule has 18 heavy (non-hydrogen) atoms. The minimum atomic E-state index is 0.272. The number of hydrogen-bond donors (Lipinski definition) is 1. The van der Waals surface area contributed by atoms with Crippen molar-refractivity contribution in [2.75, 3.05) is 19.7 Å². The summed E-state index contributed by atoms with van der Waals surface area (Å²) < 4.78 is 5.92. The molecule has 2 nitrogen and oxygen atoms in total. The monoisotopic (exact) mass is 245 g/mol. The molecule has 3 atom stereocenters. The lowest BCUT2D eigenvalue weighted by molar-refractivity contribution is 0.0582. The first-order valence-corrected chi connectivity index (χ1v) is 7.08. The minimum Gasteiger partial charge on any atom is -0.378 e. The van der Waals surface area contributed by atoms with Gasteiger partial charge in [0, 0.05) is 25.1 Å². The highest BCUT2D eigenvalue weighted by Gasteiger charge is 2.59. The summed E-state index contributed by atoms with van der Waals surface area (Å²) in [6, 6.07) is 11.0. The van der Waals surface area contributed by atoms with Gasteiger partial charge in [-0.2, -0.15) is 0 Å². The topological polar surface area (TPSA) is 21.3 Å². The number of ether oxygens (including phenoxy) is 1. The van der Waals surface area contributed by atoms with Gasteiger partial charge in [0.25, 0.3) is 0 Å². The zero-order valence-corrected chi connectivity index (χ0v) is 11.4. The second-order valence-electron chi connectivity index (χ2n) is 6.10. The van der Waals surface area contributed by atoms with Crippen molar-refractivity contribution in [1.29, 1.82) is 0 Å². The van der Waals surface area contributed by atoms with E-state index in [1.54, 1.807) is 0 Å². The van der Waals surface area contributed by atoms with Crippen molar-refractivity contribution in [3.05, 3.63) is 35.9 Å². The van der Waals surface area contributed by atoms with Gasteiger partial charge in [-0.1, -0.05) is 37.3 Å². The molecule has 0 aromatic heterocycles. The molecule has 1 aromatic rings. The highest BCUT2D eigenvalue weighted by atomic mass is 16.5. The molecule has 0 amide bonds. The summed E-state index contributed by atoms with van der Waals surface area (Å²) in [5, 5.41) is 3.61. The molecular formula is C16H23NO. The van der Waals surface area contributed by atoms with E-state index >= 15 is 0 Å². The Hall–Kier alpha value is -0.860. The van der Waals surface area contributed by atoms with Gasteiger partial charge in [-0.3, -0.25) is 0 Å². The van der Waals surface area contributed by atoms with Crippen LogP contribution < -0.4 is 5.32 Å². The van der Waals surface area contributed by atoms with Gasteiger partial charge in [-0.05, 0) is 30.7 Å². The van der Waals surface area contributed by atoms with Crippen molar-refractivity contribution in [2.24, 2.45) is 5.41 Å². The summed E-state index contributed by atoms with van der Waals surface area (Å²) in [6.45, 7) is 7.57. The van der Waals surface area contributed by atoms with E-state index in [0.29, 0.717) is 11.5 Å². The Kier molecular flexibility index (Phi) is 2.95. The van der Waals surface area contributed by atoms with E-state index < -0.39 is 0 Å². The molecule has 0 spiro atoms. The van der Waals surface area contributed by atoms with Crippen LogP contribution in [0.15, 0.2) is 30.3 Å². The summed E-state index contributed by atoms with van der Waals surface area (Å²) in [6.07, 6.45) is 2.78. The summed E-state index contributed by atoms with van der Waals surface area (Å²) in [5.74, 6) is 0. The first-order chi connectivity index (χ1) is 8.70. The van der Waals surface area contributed by atoms with Gasteiger partial charge in [-0.15, -0.1) is 0 Å². The second kappa shape index (κ2) is 4.36. The fourth-order valence-corrected chi connectivity index (χ4v) is 4.16. The molecule has 1 saturated carbocycles. The third-order valence-corrected chi connectivity index (χ3v) is 5.08. The average Bonchev–Trinajstić information content (AvgIpc) is 2.81. The quantitative estimate of drug-likeness (QED) is 0.884. The van der Waals surface area contributed by atoms with Gasteiger partial charge < -0.3 is 10.1 Å². The van der Waals surface area contributed by atoms with Crippen LogP contribution in [0.5, 0.6) is 0 Å². The molecule has 2 heteroatoms. The van der Waals surface area contributed by atoms with Crippen LogP contribution in [0.2, 0.25) is 0 Å². The van der Waals surface area contributed by atoms with Crippen molar-refractivity contribution in [1.82, 2.24) is 5.32 Å². The molecule has 1 N–H and O–H groups in total. The van der Waals surface area contributed by atoms with E-state index in [1.165, 1.54) is 12.0 Å². The largest absolute Gasteiger partial charge is 0.378 e. The Morgan fingerprint density at radius 2 is 2.00 bits per heavy atom. The van der Waals surface area contributed by atoms with Crippen LogP contribution in [0.25, 0.3) is 0 Å². The van der Waals surface area contributed by atoms with Crippen molar-refractivity contribution < 1.29 is 4.74 Å². The van der Waals surface area contributed by atoms with Crippen molar-refractivity contribution in [2.45, 2.75) is 38.2 Å². The Labute approximate surface area is 110 Å². The molecular weight excluding hydrogens is 222 g/mol. The molecule has 3 rings (SSSR count). The Balaban J connectivity index is 1.98. The maximum absolute atomic E-state index is 5.92. The number of nitrogens with one attached hydrogen (secondary N) is 1. The average molecular weight is 245 g/mol. The van der Waals surface area contributed by atoms with Crippen LogP contribution in [0.1, 0.15) is 32.3 Å². The van der Waals surface area contributed by atoms with E-state index in [2.05, 4.69) is 49.5 Å².